The minimum atomic E-state index is 0.0454. The lowest BCUT2D eigenvalue weighted by molar-refractivity contribution is -0.126. The molecule has 1 fully saturated rings. The molecule has 1 aliphatic heterocycles. The first kappa shape index (κ1) is 12.5. The van der Waals surface area contributed by atoms with E-state index in [2.05, 4.69) is 19.2 Å². The zero-order chi connectivity index (χ0) is 11.3. The van der Waals surface area contributed by atoms with E-state index in [1.807, 2.05) is 0 Å². The summed E-state index contributed by atoms with van der Waals surface area (Å²) in [6, 6.07) is 0.197. The van der Waals surface area contributed by atoms with Crippen molar-refractivity contribution in [2.45, 2.75) is 32.7 Å². The summed E-state index contributed by atoms with van der Waals surface area (Å²) in [5.41, 5.74) is 5.52. The smallest absolute Gasteiger partial charge is 0.225 e. The second-order valence-corrected chi connectivity index (χ2v) is 4.50. The highest BCUT2D eigenvalue weighted by atomic mass is 16.5. The molecule has 0 bridgehead atoms. The first-order chi connectivity index (χ1) is 7.15. The number of amides is 1. The first-order valence-corrected chi connectivity index (χ1v) is 5.73. The molecule has 0 aromatic rings. The third-order valence-corrected chi connectivity index (χ3v) is 2.91. The van der Waals surface area contributed by atoms with Gasteiger partial charge in [-0.1, -0.05) is 13.8 Å². The van der Waals surface area contributed by atoms with Gasteiger partial charge >= 0.3 is 0 Å². The normalized spacial score (nSPS) is 23.1. The molecule has 1 heterocycles. The summed E-state index contributed by atoms with van der Waals surface area (Å²) in [6.45, 7) is 6.10. The van der Waals surface area contributed by atoms with E-state index in [0.29, 0.717) is 25.7 Å². The van der Waals surface area contributed by atoms with Gasteiger partial charge in [0.05, 0.1) is 12.5 Å². The van der Waals surface area contributed by atoms with Gasteiger partial charge in [-0.25, -0.2) is 0 Å². The summed E-state index contributed by atoms with van der Waals surface area (Å²) in [7, 11) is 0. The Balaban J connectivity index is 2.38. The van der Waals surface area contributed by atoms with Crippen LogP contribution < -0.4 is 11.1 Å². The second-order valence-electron chi connectivity index (χ2n) is 4.50. The quantitative estimate of drug-likeness (QED) is 0.701. The van der Waals surface area contributed by atoms with Gasteiger partial charge in [0.2, 0.25) is 5.91 Å². The zero-order valence-electron chi connectivity index (χ0n) is 9.66. The van der Waals surface area contributed by atoms with E-state index in [1.165, 1.54) is 0 Å². The Morgan fingerprint density at radius 1 is 1.60 bits per heavy atom. The summed E-state index contributed by atoms with van der Waals surface area (Å²) < 4.78 is 5.19. The molecule has 0 aromatic heterocycles. The third-order valence-electron chi connectivity index (χ3n) is 2.91. The van der Waals surface area contributed by atoms with Gasteiger partial charge in [-0.3, -0.25) is 4.79 Å². The van der Waals surface area contributed by atoms with Crippen molar-refractivity contribution in [1.82, 2.24) is 5.32 Å². The van der Waals surface area contributed by atoms with Crippen LogP contribution in [0.15, 0.2) is 0 Å². The van der Waals surface area contributed by atoms with Gasteiger partial charge in [0.1, 0.15) is 0 Å². The third kappa shape index (κ3) is 3.80. The molecule has 4 nitrogen and oxygen atoms in total. The van der Waals surface area contributed by atoms with Crippen LogP contribution in [0.1, 0.15) is 26.7 Å². The van der Waals surface area contributed by atoms with E-state index in [-0.39, 0.29) is 17.9 Å². The number of nitrogens with one attached hydrogen (secondary N) is 1. The molecule has 0 spiro atoms. The van der Waals surface area contributed by atoms with E-state index in [1.54, 1.807) is 0 Å². The highest BCUT2D eigenvalue weighted by molar-refractivity contribution is 5.79. The minimum absolute atomic E-state index is 0.0454. The molecule has 3 N–H and O–H groups in total. The first-order valence-electron chi connectivity index (χ1n) is 5.73. The highest BCUT2D eigenvalue weighted by Gasteiger charge is 2.25. The van der Waals surface area contributed by atoms with Crippen molar-refractivity contribution in [2.24, 2.45) is 17.6 Å². The molecule has 15 heavy (non-hydrogen) atoms. The van der Waals surface area contributed by atoms with Crippen molar-refractivity contribution in [3.05, 3.63) is 0 Å². The Bertz CT molecular complexity index is 201. The standard InChI is InChI=1S/C11H22N2O2/c1-8(2)10(3-5-12)13-11(14)9-4-6-15-7-9/h8-10H,3-7,12H2,1-2H3,(H,13,14). The Labute approximate surface area is 91.5 Å². The molecule has 1 aliphatic rings. The van der Waals surface area contributed by atoms with Gasteiger partial charge in [-0.15, -0.1) is 0 Å². The summed E-state index contributed by atoms with van der Waals surface area (Å²) in [5.74, 6) is 0.600. The van der Waals surface area contributed by atoms with Crippen LogP contribution in [-0.2, 0) is 9.53 Å². The Hall–Kier alpha value is -0.610. The predicted molar refractivity (Wildman–Crippen MR) is 59.4 cm³/mol. The average Bonchev–Trinajstić information content (AvgIpc) is 2.69. The van der Waals surface area contributed by atoms with Gasteiger partial charge in [-0.05, 0) is 25.3 Å². The molecule has 88 valence electrons. The predicted octanol–water partition coefficient (Wildman–Crippen LogP) is 0.513. The fraction of sp³-hybridized carbons (Fsp3) is 0.909. The van der Waals surface area contributed by atoms with Crippen molar-refractivity contribution in [1.29, 1.82) is 0 Å². The van der Waals surface area contributed by atoms with Crippen LogP contribution in [0.4, 0.5) is 0 Å². The molecular formula is C11H22N2O2. The number of hydrogen-bond donors (Lipinski definition) is 2. The van der Waals surface area contributed by atoms with Crippen LogP contribution in [0.5, 0.6) is 0 Å². The maximum absolute atomic E-state index is 11.8. The lowest BCUT2D eigenvalue weighted by atomic mass is 9.99. The monoisotopic (exact) mass is 214 g/mol. The summed E-state index contributed by atoms with van der Waals surface area (Å²) in [5, 5.41) is 3.06. The van der Waals surface area contributed by atoms with Crippen molar-refractivity contribution >= 4 is 5.91 Å². The van der Waals surface area contributed by atoms with Crippen molar-refractivity contribution in [3.63, 3.8) is 0 Å². The van der Waals surface area contributed by atoms with E-state index in [0.717, 1.165) is 12.8 Å². The lowest BCUT2D eigenvalue weighted by Crippen LogP contribution is -2.43. The molecule has 0 aromatic carbocycles. The van der Waals surface area contributed by atoms with E-state index in [4.69, 9.17) is 10.5 Å². The van der Waals surface area contributed by atoms with Crippen molar-refractivity contribution in [3.8, 4) is 0 Å². The summed E-state index contributed by atoms with van der Waals surface area (Å²) >= 11 is 0. The number of carbonyl (C=O) groups excluding carboxylic acids is 1. The topological polar surface area (TPSA) is 64.3 Å². The molecule has 1 rings (SSSR count). The Morgan fingerprint density at radius 2 is 2.33 bits per heavy atom. The molecule has 0 radical (unpaired) electrons. The van der Waals surface area contributed by atoms with Crippen LogP contribution in [0.3, 0.4) is 0 Å². The number of rotatable bonds is 5. The average molecular weight is 214 g/mol. The van der Waals surface area contributed by atoms with E-state index in [9.17, 15) is 4.79 Å². The maximum atomic E-state index is 11.8. The highest BCUT2D eigenvalue weighted by Crippen LogP contribution is 2.14. The Morgan fingerprint density at radius 3 is 2.80 bits per heavy atom. The minimum Gasteiger partial charge on any atom is -0.381 e. The number of hydrogen-bond acceptors (Lipinski definition) is 3. The molecule has 2 unspecified atom stereocenters. The molecular weight excluding hydrogens is 192 g/mol. The van der Waals surface area contributed by atoms with E-state index < -0.39 is 0 Å². The summed E-state index contributed by atoms with van der Waals surface area (Å²) in [4.78, 5) is 11.8. The van der Waals surface area contributed by atoms with Crippen molar-refractivity contribution in [2.75, 3.05) is 19.8 Å². The van der Waals surface area contributed by atoms with Gasteiger partial charge < -0.3 is 15.8 Å². The second kappa shape index (κ2) is 6.08. The molecule has 0 aliphatic carbocycles. The van der Waals surface area contributed by atoms with Gasteiger partial charge in [0.25, 0.3) is 0 Å². The Kier molecular flexibility index (Phi) is 5.05. The van der Waals surface area contributed by atoms with Gasteiger partial charge in [-0.2, -0.15) is 0 Å². The maximum Gasteiger partial charge on any atom is 0.225 e. The number of ether oxygens (including phenoxy) is 1. The SMILES string of the molecule is CC(C)C(CCN)NC(=O)C1CCOC1. The molecule has 4 heteroatoms. The van der Waals surface area contributed by atoms with Crippen LogP contribution in [-0.4, -0.2) is 31.7 Å². The van der Waals surface area contributed by atoms with Crippen LogP contribution >= 0.6 is 0 Å². The van der Waals surface area contributed by atoms with Crippen molar-refractivity contribution < 1.29 is 9.53 Å². The van der Waals surface area contributed by atoms with E-state index >= 15 is 0 Å². The van der Waals surface area contributed by atoms with Gasteiger partial charge in [0.15, 0.2) is 0 Å². The van der Waals surface area contributed by atoms with Crippen LogP contribution in [0, 0.1) is 11.8 Å². The fourth-order valence-electron chi connectivity index (χ4n) is 1.79. The molecule has 1 amide bonds. The largest absolute Gasteiger partial charge is 0.381 e. The lowest BCUT2D eigenvalue weighted by Gasteiger charge is -2.23. The zero-order valence-corrected chi connectivity index (χ0v) is 9.66. The molecule has 1 saturated heterocycles. The number of nitrogens with two attached hydrogens (primary N) is 1. The molecule has 2 atom stereocenters. The van der Waals surface area contributed by atoms with Crippen LogP contribution in [0.2, 0.25) is 0 Å². The summed E-state index contributed by atoms with van der Waals surface area (Å²) in [6.07, 6.45) is 1.69. The van der Waals surface area contributed by atoms with Crippen LogP contribution in [0.25, 0.3) is 0 Å². The fourth-order valence-corrected chi connectivity index (χ4v) is 1.79. The molecule has 0 saturated carbocycles. The van der Waals surface area contributed by atoms with Gasteiger partial charge in [0, 0.05) is 12.6 Å². The number of carbonyl (C=O) groups is 1.